The van der Waals surface area contributed by atoms with Gasteiger partial charge in [-0.1, -0.05) is 42.8 Å². The van der Waals surface area contributed by atoms with Gasteiger partial charge in [0.05, 0.1) is 5.69 Å². The minimum absolute atomic E-state index is 0.147. The Hall–Kier alpha value is -3.32. The number of aromatic nitrogens is 1. The van der Waals surface area contributed by atoms with Crippen molar-refractivity contribution in [3.8, 4) is 0 Å². The standard InChI is InChI=1S/C21H20ClN3O4/c1-2-18-19(29-13-24-18)20(26)23-11-14-5-9-17(10-6-14)25-21(27)28-12-15-3-7-16(22)8-4-15/h3-10,13H,2,11-12H2,1H3,(H,23,26)(H,25,27). The van der Waals surface area contributed by atoms with Crippen molar-refractivity contribution in [1.82, 2.24) is 10.3 Å². The first kappa shape index (κ1) is 20.4. The van der Waals surface area contributed by atoms with Crippen LogP contribution >= 0.6 is 11.6 Å². The number of nitrogens with zero attached hydrogens (tertiary/aromatic N) is 1. The van der Waals surface area contributed by atoms with Crippen molar-refractivity contribution < 1.29 is 18.7 Å². The molecule has 0 aliphatic carbocycles. The molecule has 0 unspecified atom stereocenters. The van der Waals surface area contributed by atoms with E-state index < -0.39 is 6.09 Å². The Morgan fingerprint density at radius 2 is 1.76 bits per heavy atom. The average molecular weight is 414 g/mol. The number of hydrogen-bond acceptors (Lipinski definition) is 5. The first-order valence-corrected chi connectivity index (χ1v) is 9.40. The smallest absolute Gasteiger partial charge is 0.411 e. The summed E-state index contributed by atoms with van der Waals surface area (Å²) in [6.45, 7) is 2.37. The maximum absolute atomic E-state index is 12.2. The normalized spacial score (nSPS) is 10.4. The van der Waals surface area contributed by atoms with Crippen LogP contribution in [0.1, 0.15) is 34.3 Å². The van der Waals surface area contributed by atoms with Crippen LogP contribution in [0.15, 0.2) is 59.3 Å². The zero-order chi connectivity index (χ0) is 20.6. The van der Waals surface area contributed by atoms with Gasteiger partial charge in [-0.25, -0.2) is 9.78 Å². The van der Waals surface area contributed by atoms with E-state index in [1.54, 1.807) is 48.5 Å². The van der Waals surface area contributed by atoms with E-state index in [0.717, 1.165) is 11.1 Å². The number of benzene rings is 2. The van der Waals surface area contributed by atoms with Gasteiger partial charge in [0.25, 0.3) is 5.91 Å². The van der Waals surface area contributed by atoms with E-state index in [0.29, 0.717) is 29.4 Å². The van der Waals surface area contributed by atoms with E-state index in [4.69, 9.17) is 20.8 Å². The summed E-state index contributed by atoms with van der Waals surface area (Å²) in [5, 5.41) is 6.07. The number of aryl methyl sites for hydroxylation is 1. The number of ether oxygens (including phenoxy) is 1. The molecule has 0 saturated carbocycles. The van der Waals surface area contributed by atoms with E-state index in [9.17, 15) is 9.59 Å². The summed E-state index contributed by atoms with van der Waals surface area (Å²) in [5.74, 6) is -0.0819. The van der Waals surface area contributed by atoms with Crippen LogP contribution in [0.3, 0.4) is 0 Å². The molecular formula is C21H20ClN3O4. The Bertz CT molecular complexity index is 968. The van der Waals surface area contributed by atoms with Gasteiger partial charge in [-0.05, 0) is 41.8 Å². The molecule has 2 N–H and O–H groups in total. The van der Waals surface area contributed by atoms with Crippen molar-refractivity contribution in [3.05, 3.63) is 82.5 Å². The van der Waals surface area contributed by atoms with Gasteiger partial charge in [0, 0.05) is 17.3 Å². The van der Waals surface area contributed by atoms with Crippen LogP contribution in [-0.2, 0) is 24.3 Å². The monoisotopic (exact) mass is 413 g/mol. The molecule has 0 atom stereocenters. The number of rotatable bonds is 7. The fourth-order valence-electron chi connectivity index (χ4n) is 2.56. The molecule has 0 radical (unpaired) electrons. The summed E-state index contributed by atoms with van der Waals surface area (Å²) in [6, 6.07) is 14.1. The highest BCUT2D eigenvalue weighted by atomic mass is 35.5. The molecule has 1 aromatic heterocycles. The minimum Gasteiger partial charge on any atom is -0.444 e. The van der Waals surface area contributed by atoms with Crippen molar-refractivity contribution in [1.29, 1.82) is 0 Å². The van der Waals surface area contributed by atoms with Crippen LogP contribution in [0, 0.1) is 0 Å². The Morgan fingerprint density at radius 1 is 1.07 bits per heavy atom. The van der Waals surface area contributed by atoms with Gasteiger partial charge in [0.2, 0.25) is 5.76 Å². The summed E-state index contributed by atoms with van der Waals surface area (Å²) in [7, 11) is 0. The van der Waals surface area contributed by atoms with Crippen molar-refractivity contribution in [2.75, 3.05) is 5.32 Å². The Balaban J connectivity index is 1.46. The van der Waals surface area contributed by atoms with Gasteiger partial charge in [-0.15, -0.1) is 0 Å². The lowest BCUT2D eigenvalue weighted by atomic mass is 10.2. The molecule has 7 nitrogen and oxygen atoms in total. The topological polar surface area (TPSA) is 93.5 Å². The van der Waals surface area contributed by atoms with Crippen LogP contribution in [0.25, 0.3) is 0 Å². The van der Waals surface area contributed by atoms with Crippen LogP contribution in [0.4, 0.5) is 10.5 Å². The lowest BCUT2D eigenvalue weighted by Crippen LogP contribution is -2.23. The highest BCUT2D eigenvalue weighted by Gasteiger charge is 2.15. The van der Waals surface area contributed by atoms with Gasteiger partial charge < -0.3 is 14.5 Å². The molecule has 8 heteroatoms. The molecule has 0 spiro atoms. The second kappa shape index (κ2) is 9.75. The molecule has 3 rings (SSSR count). The molecule has 1 heterocycles. The zero-order valence-corrected chi connectivity index (χ0v) is 16.5. The molecule has 29 heavy (non-hydrogen) atoms. The minimum atomic E-state index is -0.557. The molecule has 0 bridgehead atoms. The summed E-state index contributed by atoms with van der Waals surface area (Å²) in [5.41, 5.74) is 2.92. The summed E-state index contributed by atoms with van der Waals surface area (Å²) in [6.07, 6.45) is 1.33. The van der Waals surface area contributed by atoms with Crippen molar-refractivity contribution in [2.24, 2.45) is 0 Å². The van der Waals surface area contributed by atoms with E-state index in [1.807, 2.05) is 6.92 Å². The Morgan fingerprint density at radius 3 is 2.45 bits per heavy atom. The molecule has 0 saturated heterocycles. The SMILES string of the molecule is CCc1ncoc1C(=O)NCc1ccc(NC(=O)OCc2ccc(Cl)cc2)cc1. The lowest BCUT2D eigenvalue weighted by Gasteiger charge is -2.09. The van der Waals surface area contributed by atoms with E-state index in [-0.39, 0.29) is 18.3 Å². The number of anilines is 1. The molecule has 2 amide bonds. The number of carbonyl (C=O) groups excluding carboxylic acids is 2. The number of nitrogens with one attached hydrogen (secondary N) is 2. The highest BCUT2D eigenvalue weighted by Crippen LogP contribution is 2.13. The van der Waals surface area contributed by atoms with Gasteiger partial charge in [0.1, 0.15) is 6.61 Å². The zero-order valence-electron chi connectivity index (χ0n) is 15.8. The van der Waals surface area contributed by atoms with Crippen molar-refractivity contribution >= 4 is 29.3 Å². The van der Waals surface area contributed by atoms with Gasteiger partial charge in [-0.3, -0.25) is 10.1 Å². The molecule has 2 aromatic carbocycles. The molecule has 3 aromatic rings. The van der Waals surface area contributed by atoms with Crippen LogP contribution < -0.4 is 10.6 Å². The Kier molecular flexibility index (Phi) is 6.86. The fourth-order valence-corrected chi connectivity index (χ4v) is 2.68. The third-order valence-electron chi connectivity index (χ3n) is 4.12. The van der Waals surface area contributed by atoms with E-state index in [2.05, 4.69) is 15.6 Å². The van der Waals surface area contributed by atoms with Gasteiger partial charge >= 0.3 is 6.09 Å². The molecule has 0 aliphatic rings. The number of halogens is 1. The first-order valence-electron chi connectivity index (χ1n) is 9.03. The van der Waals surface area contributed by atoms with Crippen molar-refractivity contribution in [3.63, 3.8) is 0 Å². The van der Waals surface area contributed by atoms with Gasteiger partial charge in [0.15, 0.2) is 6.39 Å². The largest absolute Gasteiger partial charge is 0.444 e. The van der Waals surface area contributed by atoms with Crippen LogP contribution in [0.5, 0.6) is 0 Å². The molecule has 0 aliphatic heterocycles. The Labute approximate surface area is 173 Å². The van der Waals surface area contributed by atoms with Crippen LogP contribution in [0.2, 0.25) is 5.02 Å². The average Bonchev–Trinajstić information content (AvgIpc) is 3.22. The maximum atomic E-state index is 12.2. The van der Waals surface area contributed by atoms with Crippen molar-refractivity contribution in [2.45, 2.75) is 26.5 Å². The molecule has 150 valence electrons. The highest BCUT2D eigenvalue weighted by molar-refractivity contribution is 6.30. The number of amides is 2. The summed E-state index contributed by atoms with van der Waals surface area (Å²) < 4.78 is 10.3. The number of oxazole rings is 1. The second-order valence-corrected chi connectivity index (χ2v) is 6.63. The third kappa shape index (κ3) is 5.83. The number of hydrogen-bond donors (Lipinski definition) is 2. The predicted octanol–water partition coefficient (Wildman–Crippen LogP) is 4.57. The van der Waals surface area contributed by atoms with E-state index >= 15 is 0 Å². The quantitative estimate of drug-likeness (QED) is 0.591. The number of carbonyl (C=O) groups is 2. The van der Waals surface area contributed by atoms with Gasteiger partial charge in [-0.2, -0.15) is 0 Å². The fraction of sp³-hybridized carbons (Fsp3) is 0.190. The summed E-state index contributed by atoms with van der Waals surface area (Å²) in [4.78, 5) is 28.1. The van der Waals surface area contributed by atoms with E-state index in [1.165, 1.54) is 6.39 Å². The third-order valence-corrected chi connectivity index (χ3v) is 4.37. The molecule has 0 fully saturated rings. The first-order chi connectivity index (χ1) is 14.0. The second-order valence-electron chi connectivity index (χ2n) is 6.19. The van der Waals surface area contributed by atoms with Crippen LogP contribution in [-0.4, -0.2) is 17.0 Å². The molecular weight excluding hydrogens is 394 g/mol. The predicted molar refractivity (Wildman–Crippen MR) is 109 cm³/mol. The maximum Gasteiger partial charge on any atom is 0.411 e. The summed E-state index contributed by atoms with van der Waals surface area (Å²) >= 11 is 5.82. The lowest BCUT2D eigenvalue weighted by molar-refractivity contribution is 0.0922.